The molecule has 0 unspecified atom stereocenters. The number of hydrogen-bond donors (Lipinski definition) is 2. The van der Waals surface area contributed by atoms with Gasteiger partial charge in [0.25, 0.3) is 5.91 Å². The number of pyridine rings is 1. The molecule has 2 N–H and O–H groups in total. The maximum atomic E-state index is 12.2. The number of H-pyrrole nitrogens is 1. The monoisotopic (exact) mass is 456 g/mol. The largest absolute Gasteiger partial charge is 0.483 e. The molecule has 0 bridgehead atoms. The zero-order valence-corrected chi connectivity index (χ0v) is 18.9. The summed E-state index contributed by atoms with van der Waals surface area (Å²) >= 11 is 0. The second-order valence-electron chi connectivity index (χ2n) is 8.42. The Kier molecular flexibility index (Phi) is 5.67. The third-order valence-corrected chi connectivity index (χ3v) is 5.69. The number of benzene rings is 1. The molecular weight excluding hydrogens is 432 g/mol. The number of carbonyl (C=O) groups is 2. The van der Waals surface area contributed by atoms with Crippen molar-refractivity contribution < 1.29 is 14.3 Å². The van der Waals surface area contributed by atoms with Gasteiger partial charge in [0, 0.05) is 55.6 Å². The lowest BCUT2D eigenvalue weighted by atomic mass is 10.2. The van der Waals surface area contributed by atoms with Crippen LogP contribution in [0.25, 0.3) is 22.3 Å². The summed E-state index contributed by atoms with van der Waals surface area (Å²) in [4.78, 5) is 42.1. The molecule has 1 atom stereocenters. The normalized spacial score (nSPS) is 15.5. The Morgan fingerprint density at radius 2 is 1.94 bits per heavy atom. The molecule has 3 heterocycles. The maximum absolute atomic E-state index is 12.2. The molecule has 5 rings (SSSR count). The van der Waals surface area contributed by atoms with Crippen LogP contribution in [0.3, 0.4) is 0 Å². The molecule has 0 aliphatic heterocycles. The Hall–Kier alpha value is -4.27. The summed E-state index contributed by atoms with van der Waals surface area (Å²) < 4.78 is 5.87. The summed E-state index contributed by atoms with van der Waals surface area (Å²) in [5.41, 5.74) is 3.44. The molecule has 1 aromatic carbocycles. The first kappa shape index (κ1) is 21.6. The van der Waals surface area contributed by atoms with Crippen LogP contribution < -0.4 is 10.1 Å². The van der Waals surface area contributed by atoms with Gasteiger partial charge in [0.05, 0.1) is 11.4 Å². The number of ketones is 1. The average molecular weight is 457 g/mol. The lowest BCUT2D eigenvalue weighted by Gasteiger charge is -2.12. The van der Waals surface area contributed by atoms with Gasteiger partial charge in [0.1, 0.15) is 11.4 Å². The standard InChI is InChI=1S/C25H24N6O3/c1-31(2)24(33)21-13-15-12-16(6-7-18(15)29-21)28-25-27-11-9-19(30-25)20-14-17(8-10-26-20)34-23-5-3-4-22(23)32/h6-14,23,29H,3-5H2,1-2H3,(H,27,28,30)/t23-/m0/s1. The Balaban J connectivity index is 1.35. The molecule has 9 nitrogen and oxygen atoms in total. The second-order valence-corrected chi connectivity index (χ2v) is 8.42. The van der Waals surface area contributed by atoms with Crippen LogP contribution in [-0.2, 0) is 4.79 Å². The number of nitrogens with zero attached hydrogens (tertiary/aromatic N) is 4. The van der Waals surface area contributed by atoms with Gasteiger partial charge in [-0.05, 0) is 49.2 Å². The van der Waals surface area contributed by atoms with Crippen LogP contribution in [0.1, 0.15) is 29.8 Å². The van der Waals surface area contributed by atoms with Crippen LogP contribution in [0.2, 0.25) is 0 Å². The maximum Gasteiger partial charge on any atom is 0.269 e. The molecule has 3 aromatic heterocycles. The van der Waals surface area contributed by atoms with Gasteiger partial charge in [-0.15, -0.1) is 0 Å². The summed E-state index contributed by atoms with van der Waals surface area (Å²) in [5, 5.41) is 4.11. The number of carbonyl (C=O) groups excluding carboxylic acids is 2. The number of Topliss-reactive ketones (excluding diaryl/α,β-unsaturated/α-hetero) is 1. The van der Waals surface area contributed by atoms with E-state index in [-0.39, 0.29) is 17.8 Å². The van der Waals surface area contributed by atoms with Crippen molar-refractivity contribution in [3.05, 3.63) is 60.6 Å². The third kappa shape index (κ3) is 4.45. The highest BCUT2D eigenvalue weighted by atomic mass is 16.5. The van der Waals surface area contributed by atoms with E-state index in [9.17, 15) is 9.59 Å². The van der Waals surface area contributed by atoms with Crippen molar-refractivity contribution in [3.8, 4) is 17.1 Å². The molecule has 9 heteroatoms. The second kappa shape index (κ2) is 8.93. The van der Waals surface area contributed by atoms with Crippen LogP contribution in [0.5, 0.6) is 5.75 Å². The van der Waals surface area contributed by atoms with Crippen LogP contribution in [0, 0.1) is 0 Å². The number of aromatic amines is 1. The van der Waals surface area contributed by atoms with Crippen molar-refractivity contribution >= 4 is 34.2 Å². The van der Waals surface area contributed by atoms with Crippen molar-refractivity contribution in [2.45, 2.75) is 25.4 Å². The molecule has 1 saturated carbocycles. The molecule has 1 amide bonds. The number of rotatable bonds is 6. The van der Waals surface area contributed by atoms with Gasteiger partial charge in [-0.2, -0.15) is 0 Å². The van der Waals surface area contributed by atoms with Crippen LogP contribution in [0.4, 0.5) is 11.6 Å². The first-order valence-electron chi connectivity index (χ1n) is 11.1. The molecule has 1 aliphatic carbocycles. The van der Waals surface area contributed by atoms with E-state index in [1.54, 1.807) is 44.7 Å². The Morgan fingerprint density at radius 1 is 1.09 bits per heavy atom. The lowest BCUT2D eigenvalue weighted by molar-refractivity contribution is -0.123. The Bertz CT molecular complexity index is 1380. The number of nitrogens with one attached hydrogen (secondary N) is 2. The molecule has 172 valence electrons. The average Bonchev–Trinajstić information content (AvgIpc) is 3.44. The van der Waals surface area contributed by atoms with Gasteiger partial charge in [0.2, 0.25) is 5.95 Å². The molecule has 0 radical (unpaired) electrons. The first-order valence-corrected chi connectivity index (χ1v) is 11.1. The van der Waals surface area contributed by atoms with Crippen molar-refractivity contribution in [2.75, 3.05) is 19.4 Å². The number of fused-ring (bicyclic) bond motifs is 1. The quantitative estimate of drug-likeness (QED) is 0.451. The first-order chi connectivity index (χ1) is 16.5. The smallest absolute Gasteiger partial charge is 0.269 e. The molecule has 34 heavy (non-hydrogen) atoms. The Morgan fingerprint density at radius 3 is 2.74 bits per heavy atom. The van der Waals surface area contributed by atoms with E-state index in [0.29, 0.717) is 35.2 Å². The number of aromatic nitrogens is 4. The summed E-state index contributed by atoms with van der Waals surface area (Å²) in [5.74, 6) is 1.07. The lowest BCUT2D eigenvalue weighted by Crippen LogP contribution is -2.21. The van der Waals surface area contributed by atoms with Gasteiger partial charge in [-0.3, -0.25) is 14.6 Å². The number of ether oxygens (including phenoxy) is 1. The van der Waals surface area contributed by atoms with E-state index in [2.05, 4.69) is 25.3 Å². The van der Waals surface area contributed by atoms with Gasteiger partial charge in [-0.25, -0.2) is 9.97 Å². The van der Waals surface area contributed by atoms with Crippen molar-refractivity contribution in [3.63, 3.8) is 0 Å². The van der Waals surface area contributed by atoms with Crippen molar-refractivity contribution in [1.29, 1.82) is 0 Å². The molecule has 1 fully saturated rings. The highest BCUT2D eigenvalue weighted by molar-refractivity contribution is 5.98. The summed E-state index contributed by atoms with van der Waals surface area (Å²) in [6.45, 7) is 0. The van der Waals surface area contributed by atoms with Crippen LogP contribution in [0.15, 0.2) is 54.9 Å². The van der Waals surface area contributed by atoms with E-state index in [0.717, 1.165) is 29.4 Å². The molecule has 1 aliphatic rings. The number of amides is 1. The minimum absolute atomic E-state index is 0.0854. The topological polar surface area (TPSA) is 113 Å². The summed E-state index contributed by atoms with van der Waals surface area (Å²) in [7, 11) is 3.44. The summed E-state index contributed by atoms with van der Waals surface area (Å²) in [6.07, 6.45) is 5.10. The Labute approximate surface area is 196 Å². The SMILES string of the molecule is CN(C)C(=O)c1cc2cc(Nc3nccc(-c4cc(O[C@H]5CCCC5=O)ccn4)n3)ccc2[nH]1. The van der Waals surface area contributed by atoms with Gasteiger partial charge >= 0.3 is 0 Å². The minimum Gasteiger partial charge on any atom is -0.483 e. The fraction of sp³-hybridized carbons (Fsp3) is 0.240. The van der Waals surface area contributed by atoms with E-state index >= 15 is 0 Å². The molecular formula is C25H24N6O3. The number of hydrogen-bond acceptors (Lipinski definition) is 7. The van der Waals surface area contributed by atoms with E-state index in [4.69, 9.17) is 4.74 Å². The molecule has 4 aromatic rings. The van der Waals surface area contributed by atoms with Gasteiger partial charge in [-0.1, -0.05) is 0 Å². The predicted molar refractivity (Wildman–Crippen MR) is 128 cm³/mol. The van der Waals surface area contributed by atoms with E-state index < -0.39 is 0 Å². The van der Waals surface area contributed by atoms with E-state index in [1.165, 1.54) is 4.90 Å². The summed E-state index contributed by atoms with van der Waals surface area (Å²) in [6, 6.07) is 12.9. The molecule has 0 spiro atoms. The number of anilines is 2. The van der Waals surface area contributed by atoms with Crippen LogP contribution >= 0.6 is 0 Å². The van der Waals surface area contributed by atoms with Gasteiger partial charge in [0.15, 0.2) is 11.9 Å². The predicted octanol–water partition coefficient (Wildman–Crippen LogP) is 3.97. The van der Waals surface area contributed by atoms with Crippen LogP contribution in [-0.4, -0.2) is 56.7 Å². The third-order valence-electron chi connectivity index (χ3n) is 5.69. The van der Waals surface area contributed by atoms with Crippen molar-refractivity contribution in [2.24, 2.45) is 0 Å². The highest BCUT2D eigenvalue weighted by Gasteiger charge is 2.26. The van der Waals surface area contributed by atoms with Gasteiger partial charge < -0.3 is 19.9 Å². The fourth-order valence-corrected chi connectivity index (χ4v) is 3.95. The van der Waals surface area contributed by atoms with Crippen molar-refractivity contribution in [1.82, 2.24) is 24.8 Å². The minimum atomic E-state index is -0.380. The molecule has 0 saturated heterocycles. The van der Waals surface area contributed by atoms with E-state index in [1.807, 2.05) is 24.3 Å². The zero-order chi connectivity index (χ0) is 23.7. The highest BCUT2D eigenvalue weighted by Crippen LogP contribution is 2.26. The fourth-order valence-electron chi connectivity index (χ4n) is 3.95. The zero-order valence-electron chi connectivity index (χ0n) is 18.9.